The third kappa shape index (κ3) is 4.79. The second-order valence-corrected chi connectivity index (χ2v) is 5.06. The molecule has 2 N–H and O–H groups in total. The number of aliphatic hydroxyl groups excluding tert-OH is 1. The van der Waals surface area contributed by atoms with Gasteiger partial charge in [-0.05, 0) is 24.9 Å². The summed E-state index contributed by atoms with van der Waals surface area (Å²) in [6.45, 7) is 4.43. The van der Waals surface area contributed by atoms with Crippen molar-refractivity contribution in [2.24, 2.45) is 0 Å². The highest BCUT2D eigenvalue weighted by molar-refractivity contribution is 5.15. The number of nitrogens with zero attached hydrogens (tertiary/aromatic N) is 2. The topological polar surface area (TPSA) is 50.1 Å². The Labute approximate surface area is 120 Å². The van der Waals surface area contributed by atoms with Gasteiger partial charge in [0, 0.05) is 18.3 Å². The average Bonchev–Trinajstić information content (AvgIpc) is 2.92. The van der Waals surface area contributed by atoms with Crippen LogP contribution in [0.1, 0.15) is 30.9 Å². The molecular formula is C16H23N3O. The molecule has 4 heteroatoms. The van der Waals surface area contributed by atoms with Gasteiger partial charge in [0.2, 0.25) is 0 Å². The van der Waals surface area contributed by atoms with Crippen molar-refractivity contribution in [3.63, 3.8) is 0 Å². The molecule has 0 saturated heterocycles. The molecule has 1 atom stereocenters. The number of rotatable bonds is 8. The zero-order valence-corrected chi connectivity index (χ0v) is 12.0. The van der Waals surface area contributed by atoms with E-state index < -0.39 is 0 Å². The number of aromatic nitrogens is 2. The number of aliphatic hydroxyl groups is 1. The van der Waals surface area contributed by atoms with E-state index in [-0.39, 0.29) is 6.10 Å². The fraction of sp³-hybridized carbons (Fsp3) is 0.438. The monoisotopic (exact) mass is 273 g/mol. The van der Waals surface area contributed by atoms with Crippen molar-refractivity contribution in [1.82, 2.24) is 15.1 Å². The Bertz CT molecular complexity index is 495. The van der Waals surface area contributed by atoms with Gasteiger partial charge in [0.25, 0.3) is 0 Å². The Morgan fingerprint density at radius 2 is 2.05 bits per heavy atom. The third-order valence-corrected chi connectivity index (χ3v) is 3.33. The number of hydrogen-bond donors (Lipinski definition) is 2. The minimum absolute atomic E-state index is 0.191. The highest BCUT2D eigenvalue weighted by atomic mass is 16.3. The van der Waals surface area contributed by atoms with Crippen molar-refractivity contribution in [1.29, 1.82) is 0 Å². The van der Waals surface area contributed by atoms with Gasteiger partial charge in [-0.3, -0.25) is 4.68 Å². The molecule has 4 nitrogen and oxygen atoms in total. The fourth-order valence-electron chi connectivity index (χ4n) is 2.06. The van der Waals surface area contributed by atoms with Crippen LogP contribution in [0.15, 0.2) is 42.7 Å². The summed E-state index contributed by atoms with van der Waals surface area (Å²) in [5.74, 6) is 0. The van der Waals surface area contributed by atoms with Crippen LogP contribution in [-0.2, 0) is 13.1 Å². The molecule has 1 unspecified atom stereocenters. The molecule has 0 radical (unpaired) electrons. The molecule has 108 valence electrons. The van der Waals surface area contributed by atoms with E-state index in [0.717, 1.165) is 32.5 Å². The van der Waals surface area contributed by atoms with Gasteiger partial charge in [0.15, 0.2) is 0 Å². The van der Waals surface area contributed by atoms with Crippen molar-refractivity contribution < 1.29 is 5.11 Å². The largest absolute Gasteiger partial charge is 0.393 e. The van der Waals surface area contributed by atoms with E-state index in [9.17, 15) is 5.11 Å². The molecule has 1 aromatic carbocycles. The maximum absolute atomic E-state index is 9.47. The van der Waals surface area contributed by atoms with E-state index in [1.165, 1.54) is 11.1 Å². The van der Waals surface area contributed by atoms with Crippen LogP contribution in [0.4, 0.5) is 0 Å². The SMILES string of the molecule is CCC(O)CCNCc1cnn(Cc2ccccc2)c1. The van der Waals surface area contributed by atoms with Crippen molar-refractivity contribution in [2.45, 2.75) is 39.0 Å². The number of hydrogen-bond acceptors (Lipinski definition) is 3. The number of nitrogens with one attached hydrogen (secondary N) is 1. The molecule has 2 rings (SSSR count). The van der Waals surface area contributed by atoms with Crippen LogP contribution >= 0.6 is 0 Å². The molecule has 0 aliphatic rings. The van der Waals surface area contributed by atoms with Crippen LogP contribution in [-0.4, -0.2) is 27.5 Å². The third-order valence-electron chi connectivity index (χ3n) is 3.33. The quantitative estimate of drug-likeness (QED) is 0.725. The van der Waals surface area contributed by atoms with Gasteiger partial charge in [-0.25, -0.2) is 0 Å². The molecular weight excluding hydrogens is 250 g/mol. The first-order valence-electron chi connectivity index (χ1n) is 7.22. The second-order valence-electron chi connectivity index (χ2n) is 5.06. The van der Waals surface area contributed by atoms with E-state index in [1.54, 1.807) is 0 Å². The highest BCUT2D eigenvalue weighted by Gasteiger charge is 2.02. The summed E-state index contributed by atoms with van der Waals surface area (Å²) >= 11 is 0. The smallest absolute Gasteiger partial charge is 0.0659 e. The highest BCUT2D eigenvalue weighted by Crippen LogP contribution is 2.04. The van der Waals surface area contributed by atoms with E-state index in [2.05, 4.69) is 28.7 Å². The van der Waals surface area contributed by atoms with Gasteiger partial charge in [-0.15, -0.1) is 0 Å². The first-order chi connectivity index (χ1) is 9.78. The Morgan fingerprint density at radius 3 is 2.80 bits per heavy atom. The van der Waals surface area contributed by atoms with Crippen molar-refractivity contribution in [3.05, 3.63) is 53.9 Å². The molecule has 0 amide bonds. The Balaban J connectivity index is 1.75. The molecule has 1 aromatic heterocycles. The molecule has 2 aromatic rings. The first-order valence-corrected chi connectivity index (χ1v) is 7.22. The molecule has 1 heterocycles. The van der Waals surface area contributed by atoms with Crippen LogP contribution in [0.25, 0.3) is 0 Å². The molecule has 0 fully saturated rings. The van der Waals surface area contributed by atoms with Crippen LogP contribution in [0.2, 0.25) is 0 Å². The maximum atomic E-state index is 9.47. The van der Waals surface area contributed by atoms with E-state index in [0.29, 0.717) is 0 Å². The van der Waals surface area contributed by atoms with E-state index in [4.69, 9.17) is 0 Å². The van der Waals surface area contributed by atoms with Crippen molar-refractivity contribution in [2.75, 3.05) is 6.54 Å². The minimum atomic E-state index is -0.191. The molecule has 0 aliphatic heterocycles. The van der Waals surface area contributed by atoms with Crippen molar-refractivity contribution in [3.8, 4) is 0 Å². The maximum Gasteiger partial charge on any atom is 0.0659 e. The summed E-state index contributed by atoms with van der Waals surface area (Å²) in [6, 6.07) is 10.3. The van der Waals surface area contributed by atoms with Crippen LogP contribution in [0.3, 0.4) is 0 Å². The van der Waals surface area contributed by atoms with Crippen LogP contribution in [0, 0.1) is 0 Å². The first kappa shape index (κ1) is 14.8. The molecule has 20 heavy (non-hydrogen) atoms. The van der Waals surface area contributed by atoms with Gasteiger partial charge in [-0.1, -0.05) is 37.3 Å². The normalized spacial score (nSPS) is 12.5. The summed E-state index contributed by atoms with van der Waals surface area (Å²) in [5.41, 5.74) is 2.42. The predicted molar refractivity (Wildman–Crippen MR) is 80.4 cm³/mol. The summed E-state index contributed by atoms with van der Waals surface area (Å²) < 4.78 is 1.95. The van der Waals surface area contributed by atoms with E-state index in [1.807, 2.05) is 36.0 Å². The van der Waals surface area contributed by atoms with Crippen LogP contribution < -0.4 is 5.32 Å². The molecule has 0 bridgehead atoms. The van der Waals surface area contributed by atoms with Gasteiger partial charge >= 0.3 is 0 Å². The van der Waals surface area contributed by atoms with Gasteiger partial charge in [-0.2, -0.15) is 5.10 Å². The lowest BCUT2D eigenvalue weighted by Gasteiger charge is -2.07. The number of benzene rings is 1. The molecule has 0 spiro atoms. The Hall–Kier alpha value is -1.65. The summed E-state index contributed by atoms with van der Waals surface area (Å²) in [5, 5.41) is 17.2. The van der Waals surface area contributed by atoms with Gasteiger partial charge in [0.1, 0.15) is 0 Å². The fourth-order valence-corrected chi connectivity index (χ4v) is 2.06. The zero-order valence-electron chi connectivity index (χ0n) is 12.0. The zero-order chi connectivity index (χ0) is 14.2. The Kier molecular flexibility index (Phi) is 5.77. The average molecular weight is 273 g/mol. The lowest BCUT2D eigenvalue weighted by Crippen LogP contribution is -2.19. The molecule has 0 saturated carbocycles. The lowest BCUT2D eigenvalue weighted by atomic mass is 10.2. The summed E-state index contributed by atoms with van der Waals surface area (Å²) in [6.07, 6.45) is 5.39. The predicted octanol–water partition coefficient (Wildman–Crippen LogP) is 2.18. The lowest BCUT2D eigenvalue weighted by molar-refractivity contribution is 0.159. The Morgan fingerprint density at radius 1 is 1.25 bits per heavy atom. The molecule has 0 aliphatic carbocycles. The van der Waals surface area contributed by atoms with Gasteiger partial charge < -0.3 is 10.4 Å². The minimum Gasteiger partial charge on any atom is -0.393 e. The second kappa shape index (κ2) is 7.82. The van der Waals surface area contributed by atoms with Gasteiger partial charge in [0.05, 0.1) is 18.8 Å². The summed E-state index contributed by atoms with van der Waals surface area (Å²) in [4.78, 5) is 0. The van der Waals surface area contributed by atoms with Crippen LogP contribution in [0.5, 0.6) is 0 Å². The standard InChI is InChI=1S/C16H23N3O/c1-2-16(20)8-9-17-10-15-11-18-19(13-15)12-14-6-4-3-5-7-14/h3-7,11,13,16-17,20H,2,8-10,12H2,1H3. The van der Waals surface area contributed by atoms with Crippen molar-refractivity contribution >= 4 is 0 Å². The van der Waals surface area contributed by atoms with E-state index >= 15 is 0 Å². The summed E-state index contributed by atoms with van der Waals surface area (Å²) in [7, 11) is 0.